The first-order valence-corrected chi connectivity index (χ1v) is 6.03. The molecule has 1 N–H and O–H groups in total. The van der Waals surface area contributed by atoms with Crippen LogP contribution in [0.2, 0.25) is 0 Å². The summed E-state index contributed by atoms with van der Waals surface area (Å²) >= 11 is 0. The molecule has 2 rings (SSSR count). The van der Waals surface area contributed by atoms with Crippen molar-refractivity contribution in [1.82, 2.24) is 4.90 Å². The number of carboxylic acid groups (broad SMARTS) is 1. The van der Waals surface area contributed by atoms with Crippen LogP contribution in [-0.4, -0.2) is 34.5 Å². The minimum atomic E-state index is -0.770. The monoisotopic (exact) mass is 225 g/mol. The van der Waals surface area contributed by atoms with Crippen molar-refractivity contribution in [2.75, 3.05) is 6.54 Å². The Balaban J connectivity index is 2.10. The smallest absolute Gasteiger partial charge is 0.308 e. The highest BCUT2D eigenvalue weighted by atomic mass is 16.4. The number of carbonyl (C=O) groups is 2. The molecule has 0 aromatic rings. The van der Waals surface area contributed by atoms with E-state index in [2.05, 4.69) is 0 Å². The highest BCUT2D eigenvalue weighted by Crippen LogP contribution is 2.35. The Morgan fingerprint density at radius 3 is 2.56 bits per heavy atom. The predicted octanol–water partition coefficient (Wildman–Crippen LogP) is 1.35. The summed E-state index contributed by atoms with van der Waals surface area (Å²) < 4.78 is 0. The van der Waals surface area contributed by atoms with Crippen LogP contribution < -0.4 is 0 Å². The molecule has 2 fully saturated rings. The summed E-state index contributed by atoms with van der Waals surface area (Å²) in [7, 11) is 0. The summed E-state index contributed by atoms with van der Waals surface area (Å²) in [6.45, 7) is 4.49. The molecule has 4 nitrogen and oxygen atoms in total. The zero-order valence-electron chi connectivity index (χ0n) is 9.85. The fraction of sp³-hybridized carbons (Fsp3) is 0.833. The van der Waals surface area contributed by atoms with E-state index < -0.39 is 11.9 Å². The maximum atomic E-state index is 11.9. The van der Waals surface area contributed by atoms with Crippen molar-refractivity contribution < 1.29 is 14.7 Å². The topological polar surface area (TPSA) is 57.6 Å². The van der Waals surface area contributed by atoms with Gasteiger partial charge in [-0.1, -0.05) is 6.92 Å². The maximum Gasteiger partial charge on any atom is 0.308 e. The van der Waals surface area contributed by atoms with Gasteiger partial charge in [0.05, 0.1) is 5.92 Å². The van der Waals surface area contributed by atoms with Crippen LogP contribution in [0.5, 0.6) is 0 Å². The number of amides is 1. The Morgan fingerprint density at radius 2 is 2.06 bits per heavy atom. The molecule has 3 atom stereocenters. The minimum absolute atomic E-state index is 0.0459. The van der Waals surface area contributed by atoms with Crippen LogP contribution in [0, 0.1) is 17.8 Å². The van der Waals surface area contributed by atoms with Gasteiger partial charge in [0.15, 0.2) is 0 Å². The standard InChI is InChI=1S/C12H19NO3/c1-7-5-10(14)13(6-9-3-4-9)8(2)11(7)12(15)16/h7-9,11H,3-6H2,1-2H3,(H,15,16). The molecule has 1 heterocycles. The van der Waals surface area contributed by atoms with Crippen LogP contribution in [-0.2, 0) is 9.59 Å². The summed E-state index contributed by atoms with van der Waals surface area (Å²) in [6.07, 6.45) is 2.75. The molecular formula is C12H19NO3. The number of hydrogen-bond acceptors (Lipinski definition) is 2. The van der Waals surface area contributed by atoms with E-state index in [0.29, 0.717) is 12.3 Å². The largest absolute Gasteiger partial charge is 0.481 e. The van der Waals surface area contributed by atoms with Gasteiger partial charge in [-0.25, -0.2) is 0 Å². The van der Waals surface area contributed by atoms with E-state index >= 15 is 0 Å². The van der Waals surface area contributed by atoms with Gasteiger partial charge in [0.1, 0.15) is 0 Å². The fourth-order valence-corrected chi connectivity index (χ4v) is 2.71. The lowest BCUT2D eigenvalue weighted by Crippen LogP contribution is -2.53. The Bertz CT molecular complexity index is 311. The first-order chi connectivity index (χ1) is 7.50. The van der Waals surface area contributed by atoms with Crippen LogP contribution in [0.15, 0.2) is 0 Å². The molecule has 16 heavy (non-hydrogen) atoms. The minimum Gasteiger partial charge on any atom is -0.481 e. The van der Waals surface area contributed by atoms with Crippen LogP contribution >= 0.6 is 0 Å². The molecule has 1 amide bonds. The molecule has 0 radical (unpaired) electrons. The Morgan fingerprint density at radius 1 is 1.44 bits per heavy atom. The van der Waals surface area contributed by atoms with Crippen molar-refractivity contribution in [2.24, 2.45) is 17.8 Å². The molecule has 1 aliphatic heterocycles. The zero-order valence-corrected chi connectivity index (χ0v) is 9.85. The van der Waals surface area contributed by atoms with Gasteiger partial charge in [-0.3, -0.25) is 9.59 Å². The second-order valence-corrected chi connectivity index (χ2v) is 5.28. The lowest BCUT2D eigenvalue weighted by Gasteiger charge is -2.40. The first-order valence-electron chi connectivity index (χ1n) is 6.03. The van der Waals surface area contributed by atoms with Crippen LogP contribution in [0.4, 0.5) is 0 Å². The maximum absolute atomic E-state index is 11.9. The number of hydrogen-bond donors (Lipinski definition) is 1. The molecule has 0 aromatic heterocycles. The number of likely N-dealkylation sites (tertiary alicyclic amines) is 1. The van der Waals surface area contributed by atoms with Gasteiger partial charge < -0.3 is 10.0 Å². The third kappa shape index (κ3) is 2.06. The molecular weight excluding hydrogens is 206 g/mol. The van der Waals surface area contributed by atoms with Crippen molar-refractivity contribution in [3.8, 4) is 0 Å². The molecule has 0 bridgehead atoms. The highest BCUT2D eigenvalue weighted by molar-refractivity contribution is 5.81. The molecule has 90 valence electrons. The third-order valence-corrected chi connectivity index (χ3v) is 3.88. The number of rotatable bonds is 3. The lowest BCUT2D eigenvalue weighted by atomic mass is 9.81. The summed E-state index contributed by atoms with van der Waals surface area (Å²) in [5, 5.41) is 9.19. The summed E-state index contributed by atoms with van der Waals surface area (Å²) in [5.41, 5.74) is 0. The Labute approximate surface area is 95.6 Å². The second-order valence-electron chi connectivity index (χ2n) is 5.28. The van der Waals surface area contributed by atoms with E-state index in [1.807, 2.05) is 13.8 Å². The van der Waals surface area contributed by atoms with Gasteiger partial charge in [-0.05, 0) is 31.6 Å². The van der Waals surface area contributed by atoms with E-state index in [0.717, 1.165) is 6.54 Å². The van der Waals surface area contributed by atoms with Gasteiger partial charge in [0, 0.05) is 19.0 Å². The van der Waals surface area contributed by atoms with E-state index in [1.54, 1.807) is 4.90 Å². The molecule has 0 aromatic carbocycles. The highest BCUT2D eigenvalue weighted by Gasteiger charge is 2.43. The van der Waals surface area contributed by atoms with Crippen LogP contribution in [0.1, 0.15) is 33.1 Å². The normalized spacial score (nSPS) is 35.2. The molecule has 4 heteroatoms. The van der Waals surface area contributed by atoms with Crippen LogP contribution in [0.25, 0.3) is 0 Å². The van der Waals surface area contributed by atoms with Crippen molar-refractivity contribution in [2.45, 2.75) is 39.2 Å². The van der Waals surface area contributed by atoms with Gasteiger partial charge in [0.2, 0.25) is 5.91 Å². The average molecular weight is 225 g/mol. The number of aliphatic carboxylic acids is 1. The van der Waals surface area contributed by atoms with E-state index in [-0.39, 0.29) is 17.9 Å². The summed E-state index contributed by atoms with van der Waals surface area (Å²) in [5.74, 6) is -0.473. The van der Waals surface area contributed by atoms with E-state index in [1.165, 1.54) is 12.8 Å². The van der Waals surface area contributed by atoms with Crippen molar-refractivity contribution >= 4 is 11.9 Å². The lowest BCUT2D eigenvalue weighted by molar-refractivity contribution is -0.154. The molecule has 3 unspecified atom stereocenters. The molecule has 0 spiro atoms. The molecule has 2 aliphatic rings. The average Bonchev–Trinajstić information content (AvgIpc) is 2.94. The summed E-state index contributed by atoms with van der Waals surface area (Å²) in [6, 6.07) is -0.158. The molecule has 1 saturated heterocycles. The molecule has 1 aliphatic carbocycles. The number of piperidine rings is 1. The second kappa shape index (κ2) is 4.07. The van der Waals surface area contributed by atoms with E-state index in [9.17, 15) is 14.7 Å². The van der Waals surface area contributed by atoms with Gasteiger partial charge in [-0.15, -0.1) is 0 Å². The van der Waals surface area contributed by atoms with Crippen molar-refractivity contribution in [3.63, 3.8) is 0 Å². The number of carbonyl (C=O) groups excluding carboxylic acids is 1. The van der Waals surface area contributed by atoms with E-state index in [4.69, 9.17) is 0 Å². The quantitative estimate of drug-likeness (QED) is 0.788. The predicted molar refractivity (Wildman–Crippen MR) is 58.8 cm³/mol. The van der Waals surface area contributed by atoms with Crippen molar-refractivity contribution in [1.29, 1.82) is 0 Å². The van der Waals surface area contributed by atoms with Gasteiger partial charge >= 0.3 is 5.97 Å². The number of carboxylic acids is 1. The zero-order chi connectivity index (χ0) is 11.9. The fourth-order valence-electron chi connectivity index (χ4n) is 2.71. The van der Waals surface area contributed by atoms with Gasteiger partial charge in [-0.2, -0.15) is 0 Å². The Hall–Kier alpha value is -1.06. The Kier molecular flexibility index (Phi) is 2.91. The van der Waals surface area contributed by atoms with Crippen LogP contribution in [0.3, 0.4) is 0 Å². The third-order valence-electron chi connectivity index (χ3n) is 3.88. The summed E-state index contributed by atoms with van der Waals surface area (Å²) in [4.78, 5) is 24.9. The van der Waals surface area contributed by atoms with Crippen molar-refractivity contribution in [3.05, 3.63) is 0 Å². The van der Waals surface area contributed by atoms with Gasteiger partial charge in [0.25, 0.3) is 0 Å². The SMILES string of the molecule is CC1CC(=O)N(CC2CC2)C(C)C1C(=O)O. The molecule has 1 saturated carbocycles. The first kappa shape index (κ1) is 11.4. The number of nitrogens with zero attached hydrogens (tertiary/aromatic N) is 1.